The standard InChI is InChI=1S/C15H17F2NO2/c16-13-4-1-9(7-14(13)17)11-8-12(11)15(20)18(5-6-19)10-2-3-10/h1,4,7,10-12,19H,2-3,5-6,8H2. The van der Waals surface area contributed by atoms with Gasteiger partial charge in [0.05, 0.1) is 6.61 Å². The molecule has 2 atom stereocenters. The monoisotopic (exact) mass is 281 g/mol. The molecule has 1 amide bonds. The second-order valence-electron chi connectivity index (χ2n) is 5.61. The van der Waals surface area contributed by atoms with Crippen LogP contribution in [0.25, 0.3) is 0 Å². The first-order valence-electron chi connectivity index (χ1n) is 6.98. The highest BCUT2D eigenvalue weighted by Gasteiger charge is 2.48. The number of amides is 1. The van der Waals surface area contributed by atoms with E-state index in [0.29, 0.717) is 18.5 Å². The largest absolute Gasteiger partial charge is 0.395 e. The molecule has 20 heavy (non-hydrogen) atoms. The summed E-state index contributed by atoms with van der Waals surface area (Å²) < 4.78 is 26.1. The molecule has 1 N–H and O–H groups in total. The van der Waals surface area contributed by atoms with Gasteiger partial charge in [0, 0.05) is 18.5 Å². The van der Waals surface area contributed by atoms with E-state index in [1.165, 1.54) is 6.07 Å². The number of aliphatic hydroxyl groups is 1. The summed E-state index contributed by atoms with van der Waals surface area (Å²) in [7, 11) is 0. The second-order valence-corrected chi connectivity index (χ2v) is 5.61. The Hall–Kier alpha value is -1.49. The number of rotatable bonds is 5. The zero-order valence-electron chi connectivity index (χ0n) is 11.1. The normalized spacial score (nSPS) is 24.6. The first kappa shape index (κ1) is 13.5. The van der Waals surface area contributed by atoms with Crippen molar-refractivity contribution in [1.82, 2.24) is 4.90 Å². The highest BCUT2D eigenvalue weighted by Crippen LogP contribution is 2.49. The molecule has 0 saturated heterocycles. The summed E-state index contributed by atoms with van der Waals surface area (Å²) in [6.07, 6.45) is 2.67. The number of carbonyl (C=O) groups excluding carboxylic acids is 1. The lowest BCUT2D eigenvalue weighted by molar-refractivity contribution is -0.133. The van der Waals surface area contributed by atoms with Gasteiger partial charge >= 0.3 is 0 Å². The number of carbonyl (C=O) groups is 1. The fourth-order valence-corrected chi connectivity index (χ4v) is 2.76. The van der Waals surface area contributed by atoms with E-state index in [4.69, 9.17) is 5.11 Å². The molecule has 3 nitrogen and oxygen atoms in total. The molecule has 0 radical (unpaired) electrons. The predicted octanol–water partition coefficient (Wildman–Crippen LogP) is 2.05. The zero-order valence-corrected chi connectivity index (χ0v) is 11.1. The van der Waals surface area contributed by atoms with Crippen LogP contribution in [0.3, 0.4) is 0 Å². The summed E-state index contributed by atoms with van der Waals surface area (Å²) in [6.45, 7) is 0.329. The van der Waals surface area contributed by atoms with Gasteiger partial charge < -0.3 is 10.0 Å². The molecule has 0 bridgehead atoms. The van der Waals surface area contributed by atoms with Gasteiger partial charge in [-0.15, -0.1) is 0 Å². The van der Waals surface area contributed by atoms with Crippen LogP contribution in [-0.2, 0) is 4.79 Å². The Bertz CT molecular complexity index is 531. The van der Waals surface area contributed by atoms with Gasteiger partial charge in [0.2, 0.25) is 5.91 Å². The Morgan fingerprint density at radius 3 is 2.65 bits per heavy atom. The van der Waals surface area contributed by atoms with E-state index in [1.54, 1.807) is 11.0 Å². The number of halogens is 2. The maximum atomic E-state index is 13.2. The van der Waals surface area contributed by atoms with Crippen molar-refractivity contribution in [2.45, 2.75) is 31.2 Å². The Labute approximate surface area is 116 Å². The van der Waals surface area contributed by atoms with Crippen LogP contribution in [0.2, 0.25) is 0 Å². The molecule has 108 valence electrons. The average Bonchev–Trinajstić information content (AvgIpc) is 3.30. The Kier molecular flexibility index (Phi) is 3.46. The van der Waals surface area contributed by atoms with Gasteiger partial charge in [-0.3, -0.25) is 4.79 Å². The van der Waals surface area contributed by atoms with E-state index in [1.807, 2.05) is 0 Å². The van der Waals surface area contributed by atoms with Crippen LogP contribution < -0.4 is 0 Å². The highest BCUT2D eigenvalue weighted by molar-refractivity contribution is 5.83. The maximum absolute atomic E-state index is 13.2. The van der Waals surface area contributed by atoms with Gasteiger partial charge in [0.15, 0.2) is 11.6 Å². The van der Waals surface area contributed by atoms with Gasteiger partial charge in [-0.05, 0) is 42.9 Å². The molecular weight excluding hydrogens is 264 g/mol. The summed E-state index contributed by atoms with van der Waals surface area (Å²) in [4.78, 5) is 14.1. The van der Waals surface area contributed by atoms with Crippen LogP contribution in [0.5, 0.6) is 0 Å². The molecule has 0 aliphatic heterocycles. The van der Waals surface area contributed by atoms with E-state index in [-0.39, 0.29) is 30.4 Å². The molecule has 0 heterocycles. The lowest BCUT2D eigenvalue weighted by atomic mass is 10.1. The van der Waals surface area contributed by atoms with Gasteiger partial charge in [0.25, 0.3) is 0 Å². The van der Waals surface area contributed by atoms with Gasteiger partial charge in [0.1, 0.15) is 0 Å². The topological polar surface area (TPSA) is 40.5 Å². The SMILES string of the molecule is O=C(C1CC1c1ccc(F)c(F)c1)N(CCO)C1CC1. The van der Waals surface area contributed by atoms with Crippen LogP contribution >= 0.6 is 0 Å². The summed E-state index contributed by atoms with van der Waals surface area (Å²) in [5.74, 6) is -1.85. The molecule has 5 heteroatoms. The summed E-state index contributed by atoms with van der Waals surface area (Å²) in [6, 6.07) is 4.10. The second kappa shape index (κ2) is 5.13. The first-order chi connectivity index (χ1) is 9.61. The quantitative estimate of drug-likeness (QED) is 0.897. The Morgan fingerprint density at radius 2 is 2.05 bits per heavy atom. The zero-order chi connectivity index (χ0) is 14.3. The molecule has 2 fully saturated rings. The molecule has 1 aromatic carbocycles. The predicted molar refractivity (Wildman–Crippen MR) is 69.0 cm³/mol. The van der Waals surface area contributed by atoms with Crippen LogP contribution in [0.15, 0.2) is 18.2 Å². The van der Waals surface area contributed by atoms with Gasteiger partial charge in [-0.1, -0.05) is 6.07 Å². The molecule has 1 aromatic rings. The van der Waals surface area contributed by atoms with Crippen LogP contribution in [0.4, 0.5) is 8.78 Å². The maximum Gasteiger partial charge on any atom is 0.226 e. The van der Waals surface area contributed by atoms with Crippen molar-refractivity contribution < 1.29 is 18.7 Å². The van der Waals surface area contributed by atoms with Crippen molar-refractivity contribution in [1.29, 1.82) is 0 Å². The van der Waals surface area contributed by atoms with Crippen molar-refractivity contribution in [3.05, 3.63) is 35.4 Å². The van der Waals surface area contributed by atoms with Crippen LogP contribution in [0.1, 0.15) is 30.7 Å². The van der Waals surface area contributed by atoms with Crippen molar-refractivity contribution in [3.8, 4) is 0 Å². The van der Waals surface area contributed by atoms with E-state index in [9.17, 15) is 13.6 Å². The number of hydrogen-bond donors (Lipinski definition) is 1. The molecule has 0 spiro atoms. The van der Waals surface area contributed by atoms with Crippen molar-refractivity contribution >= 4 is 5.91 Å². The molecule has 2 unspecified atom stereocenters. The Balaban J connectivity index is 1.68. The van der Waals surface area contributed by atoms with Crippen LogP contribution in [-0.4, -0.2) is 35.1 Å². The van der Waals surface area contributed by atoms with Gasteiger partial charge in [-0.2, -0.15) is 0 Å². The van der Waals surface area contributed by atoms with E-state index >= 15 is 0 Å². The van der Waals surface area contributed by atoms with Crippen molar-refractivity contribution in [2.24, 2.45) is 5.92 Å². The van der Waals surface area contributed by atoms with E-state index in [2.05, 4.69) is 0 Å². The van der Waals surface area contributed by atoms with Crippen molar-refractivity contribution in [2.75, 3.05) is 13.2 Å². The molecular formula is C15H17F2NO2. The molecule has 2 aliphatic rings. The minimum Gasteiger partial charge on any atom is -0.395 e. The number of benzene rings is 1. The van der Waals surface area contributed by atoms with Gasteiger partial charge in [-0.25, -0.2) is 8.78 Å². The average molecular weight is 281 g/mol. The first-order valence-corrected chi connectivity index (χ1v) is 6.98. The third-order valence-electron chi connectivity index (χ3n) is 4.09. The third kappa shape index (κ3) is 2.54. The third-order valence-corrected chi connectivity index (χ3v) is 4.09. The minimum atomic E-state index is -0.866. The number of nitrogens with zero attached hydrogens (tertiary/aromatic N) is 1. The highest BCUT2D eigenvalue weighted by atomic mass is 19.2. The van der Waals surface area contributed by atoms with Crippen molar-refractivity contribution in [3.63, 3.8) is 0 Å². The molecule has 2 saturated carbocycles. The Morgan fingerprint density at radius 1 is 1.30 bits per heavy atom. The fourth-order valence-electron chi connectivity index (χ4n) is 2.76. The van der Waals surface area contributed by atoms with Crippen LogP contribution in [0, 0.1) is 17.6 Å². The minimum absolute atomic E-state index is 0.0162. The summed E-state index contributed by atoms with van der Waals surface area (Å²) in [5, 5.41) is 9.03. The lowest BCUT2D eigenvalue weighted by Crippen LogP contribution is -2.36. The number of aliphatic hydroxyl groups excluding tert-OH is 1. The summed E-state index contributed by atoms with van der Waals surface area (Å²) >= 11 is 0. The van der Waals surface area contributed by atoms with E-state index in [0.717, 1.165) is 18.9 Å². The lowest BCUT2D eigenvalue weighted by Gasteiger charge is -2.21. The molecule has 0 aromatic heterocycles. The summed E-state index contributed by atoms with van der Waals surface area (Å²) in [5.41, 5.74) is 0.682. The molecule has 2 aliphatic carbocycles. The van der Waals surface area contributed by atoms with E-state index < -0.39 is 11.6 Å². The number of hydrogen-bond acceptors (Lipinski definition) is 2. The fraction of sp³-hybridized carbons (Fsp3) is 0.533. The smallest absolute Gasteiger partial charge is 0.226 e. The molecule has 3 rings (SSSR count).